The maximum Gasteiger partial charge on any atom is 0.387 e. The van der Waals surface area contributed by atoms with Crippen LogP contribution in [-0.2, 0) is 11.5 Å². The number of benzene rings is 1. The Morgan fingerprint density at radius 1 is 1.15 bits per heavy atom. The summed E-state index contributed by atoms with van der Waals surface area (Å²) in [6.45, 7) is 3.77. The number of carbonyl (C=O) groups excluding carboxylic acids is 1. The Kier molecular flexibility index (Phi) is 8.92. The van der Waals surface area contributed by atoms with Gasteiger partial charge in [-0.2, -0.15) is 27.8 Å². The van der Waals surface area contributed by atoms with Crippen molar-refractivity contribution in [3.05, 3.63) is 54.6 Å². The number of nitrogens with zero attached hydrogens (tertiary/aromatic N) is 5. The number of anilines is 1. The highest BCUT2D eigenvalue weighted by Gasteiger charge is 2.24. The van der Waals surface area contributed by atoms with E-state index in [1.54, 1.807) is 12.3 Å². The Morgan fingerprint density at radius 3 is 2.67 bits per heavy atom. The van der Waals surface area contributed by atoms with E-state index in [1.165, 1.54) is 46.0 Å². The van der Waals surface area contributed by atoms with E-state index in [0.717, 1.165) is 6.04 Å². The van der Waals surface area contributed by atoms with Crippen molar-refractivity contribution >= 4 is 37.1 Å². The lowest BCUT2D eigenvalue weighted by Crippen LogP contribution is -2.22. The number of thioether (sulfide) groups is 1. The number of halogens is 4. The standard InChI is InChI=1S/C24H26F4N6O3SSi/c1-39(2,3)10-9-36-14-34-20(16-11-15(38-24(27)28)5-6-19(16)37-23(25)26)18(13-31-34)32-22(35)17-12-30-33-8-4-7-29-21(17)33/h4-8,11-13,23-24H,9-10,14H2,1-3H3,(H,32,35). The lowest BCUT2D eigenvalue weighted by atomic mass is 10.1. The summed E-state index contributed by atoms with van der Waals surface area (Å²) in [5.41, 5.74) is 0.763. The fraction of sp³-hybridized carbons (Fsp3) is 0.333. The fourth-order valence-corrected chi connectivity index (χ4v) is 4.93. The molecule has 0 fully saturated rings. The Hall–Kier alpha value is -3.43. The van der Waals surface area contributed by atoms with Gasteiger partial charge in [-0.3, -0.25) is 4.79 Å². The molecule has 4 aromatic rings. The molecule has 0 saturated carbocycles. The Morgan fingerprint density at radius 2 is 1.95 bits per heavy atom. The molecule has 3 aromatic heterocycles. The first-order chi connectivity index (χ1) is 18.5. The van der Waals surface area contributed by atoms with E-state index < -0.39 is 26.4 Å². The third kappa shape index (κ3) is 7.36. The molecule has 0 aliphatic rings. The number of carbonyl (C=O) groups is 1. The van der Waals surface area contributed by atoms with Gasteiger partial charge < -0.3 is 14.8 Å². The predicted octanol–water partition coefficient (Wildman–Crippen LogP) is 6.07. The van der Waals surface area contributed by atoms with Gasteiger partial charge in [0.25, 0.3) is 11.7 Å². The van der Waals surface area contributed by atoms with Gasteiger partial charge in [0.15, 0.2) is 5.65 Å². The SMILES string of the molecule is C[Si](C)(C)CCOCn1ncc(NC(=O)c2cnn3cccnc23)c1-c1cc(SC(F)F)ccc1OC(F)F. The molecule has 15 heteroatoms. The molecule has 1 N–H and O–H groups in total. The third-order valence-electron chi connectivity index (χ3n) is 5.47. The quantitative estimate of drug-likeness (QED) is 0.0937. The smallest absolute Gasteiger partial charge is 0.387 e. The lowest BCUT2D eigenvalue weighted by Gasteiger charge is -2.18. The van der Waals surface area contributed by atoms with Crippen molar-refractivity contribution in [3.8, 4) is 17.0 Å². The van der Waals surface area contributed by atoms with Crippen molar-refractivity contribution in [2.24, 2.45) is 0 Å². The highest BCUT2D eigenvalue weighted by atomic mass is 32.2. The molecule has 0 spiro atoms. The van der Waals surface area contributed by atoms with Gasteiger partial charge in [0.2, 0.25) is 0 Å². The molecule has 0 saturated heterocycles. The molecule has 0 atom stereocenters. The minimum Gasteiger partial charge on any atom is -0.434 e. The van der Waals surface area contributed by atoms with Crippen LogP contribution in [0, 0.1) is 0 Å². The number of aromatic nitrogens is 5. The number of alkyl halides is 4. The maximum absolute atomic E-state index is 13.3. The third-order valence-corrected chi connectivity index (χ3v) is 7.88. The number of ether oxygens (including phenoxy) is 2. The zero-order chi connectivity index (χ0) is 28.2. The number of hydrogen-bond acceptors (Lipinski definition) is 7. The van der Waals surface area contributed by atoms with Gasteiger partial charge >= 0.3 is 6.61 Å². The zero-order valence-corrected chi connectivity index (χ0v) is 23.1. The average Bonchev–Trinajstić information content (AvgIpc) is 3.46. The van der Waals surface area contributed by atoms with Crippen LogP contribution in [0.1, 0.15) is 10.4 Å². The number of hydrogen-bond donors (Lipinski definition) is 1. The van der Waals surface area contributed by atoms with E-state index in [-0.39, 0.29) is 51.6 Å². The highest BCUT2D eigenvalue weighted by Crippen LogP contribution is 2.40. The summed E-state index contributed by atoms with van der Waals surface area (Å²) < 4.78 is 66.1. The van der Waals surface area contributed by atoms with Crippen LogP contribution in [0.3, 0.4) is 0 Å². The molecule has 4 rings (SSSR count). The molecule has 0 aliphatic heterocycles. The van der Waals surface area contributed by atoms with Gasteiger partial charge in [-0.05, 0) is 30.3 Å². The highest BCUT2D eigenvalue weighted by molar-refractivity contribution is 7.99. The predicted molar refractivity (Wildman–Crippen MR) is 141 cm³/mol. The number of rotatable bonds is 12. The second-order valence-electron chi connectivity index (χ2n) is 9.57. The van der Waals surface area contributed by atoms with Crippen LogP contribution in [0.4, 0.5) is 23.2 Å². The summed E-state index contributed by atoms with van der Waals surface area (Å²) in [5.74, 6) is -3.60. The summed E-state index contributed by atoms with van der Waals surface area (Å²) in [4.78, 5) is 17.5. The summed E-state index contributed by atoms with van der Waals surface area (Å²) in [6.07, 6.45) is 5.80. The monoisotopic (exact) mass is 582 g/mol. The Labute approximate surface area is 226 Å². The van der Waals surface area contributed by atoms with Gasteiger partial charge in [0.05, 0.1) is 23.8 Å². The van der Waals surface area contributed by atoms with Gasteiger partial charge in [-0.15, -0.1) is 0 Å². The van der Waals surface area contributed by atoms with Gasteiger partial charge in [0.1, 0.15) is 18.0 Å². The second kappa shape index (κ2) is 12.2. The van der Waals surface area contributed by atoms with Crippen molar-refractivity contribution in [2.45, 2.75) is 49.7 Å². The van der Waals surface area contributed by atoms with Gasteiger partial charge in [0, 0.05) is 37.5 Å². The van der Waals surface area contributed by atoms with Gasteiger partial charge in [-0.25, -0.2) is 14.2 Å². The summed E-state index contributed by atoms with van der Waals surface area (Å²) in [5, 5.41) is 11.1. The molecule has 0 radical (unpaired) electrons. The minimum atomic E-state index is -3.18. The van der Waals surface area contributed by atoms with Crippen LogP contribution in [-0.4, -0.2) is 57.3 Å². The summed E-state index contributed by atoms with van der Waals surface area (Å²) in [7, 11) is -1.40. The molecule has 0 bridgehead atoms. The van der Waals surface area contributed by atoms with Crippen LogP contribution in [0.15, 0.2) is 53.9 Å². The molecule has 3 heterocycles. The fourth-order valence-electron chi connectivity index (χ4n) is 3.63. The molecule has 0 unspecified atom stereocenters. The number of nitrogens with one attached hydrogen (secondary N) is 1. The van der Waals surface area contributed by atoms with Crippen molar-refractivity contribution in [1.82, 2.24) is 24.4 Å². The first kappa shape index (κ1) is 28.6. The molecule has 9 nitrogen and oxygen atoms in total. The Balaban J connectivity index is 1.74. The summed E-state index contributed by atoms with van der Waals surface area (Å²) in [6, 6.07) is 6.25. The molecular weight excluding hydrogens is 556 g/mol. The van der Waals surface area contributed by atoms with E-state index in [0.29, 0.717) is 12.3 Å². The first-order valence-corrected chi connectivity index (χ1v) is 16.4. The Bertz CT molecular complexity index is 1440. The van der Waals surface area contributed by atoms with Gasteiger partial charge in [-0.1, -0.05) is 31.4 Å². The average molecular weight is 583 g/mol. The minimum absolute atomic E-state index is 0.0283. The largest absolute Gasteiger partial charge is 0.434 e. The number of amides is 1. The molecule has 208 valence electrons. The van der Waals surface area contributed by atoms with Crippen LogP contribution < -0.4 is 10.1 Å². The molecule has 39 heavy (non-hydrogen) atoms. The zero-order valence-electron chi connectivity index (χ0n) is 21.3. The van der Waals surface area contributed by atoms with Crippen molar-refractivity contribution in [3.63, 3.8) is 0 Å². The van der Waals surface area contributed by atoms with E-state index in [2.05, 4.69) is 40.1 Å². The van der Waals surface area contributed by atoms with E-state index in [1.807, 2.05) is 0 Å². The van der Waals surface area contributed by atoms with Crippen LogP contribution >= 0.6 is 11.8 Å². The second-order valence-corrected chi connectivity index (χ2v) is 16.3. The molecule has 1 aromatic carbocycles. The molecular formula is C24H26F4N6O3SSi. The topological polar surface area (TPSA) is 95.6 Å². The maximum atomic E-state index is 13.3. The molecule has 0 aliphatic carbocycles. The van der Waals surface area contributed by atoms with E-state index >= 15 is 0 Å². The normalized spacial score (nSPS) is 12.0. The lowest BCUT2D eigenvalue weighted by molar-refractivity contribution is -0.0495. The number of fused-ring (bicyclic) bond motifs is 1. The first-order valence-electron chi connectivity index (χ1n) is 11.8. The van der Waals surface area contributed by atoms with Crippen LogP contribution in [0.5, 0.6) is 5.75 Å². The van der Waals surface area contributed by atoms with Crippen LogP contribution in [0.2, 0.25) is 25.7 Å². The van der Waals surface area contributed by atoms with Crippen molar-refractivity contribution in [1.29, 1.82) is 0 Å². The molecule has 1 amide bonds. The summed E-state index contributed by atoms with van der Waals surface area (Å²) >= 11 is 0.247. The van der Waals surface area contributed by atoms with Crippen LogP contribution in [0.25, 0.3) is 16.9 Å². The van der Waals surface area contributed by atoms with E-state index in [9.17, 15) is 22.4 Å². The van der Waals surface area contributed by atoms with E-state index in [4.69, 9.17) is 9.47 Å². The van der Waals surface area contributed by atoms with Crippen molar-refractivity contribution < 1.29 is 31.8 Å². The van der Waals surface area contributed by atoms with Crippen molar-refractivity contribution in [2.75, 3.05) is 11.9 Å².